The molecular formula is C16H25BClNSi. The second-order valence-electron chi connectivity index (χ2n) is 7.18. The molecule has 0 bridgehead atoms. The van der Waals surface area contributed by atoms with Crippen LogP contribution in [0.1, 0.15) is 13.8 Å². The zero-order valence-electron chi connectivity index (χ0n) is 13.2. The maximum absolute atomic E-state index is 7.13. The van der Waals surface area contributed by atoms with Crippen LogP contribution in [0, 0.1) is 11.8 Å². The highest BCUT2D eigenvalue weighted by molar-refractivity contribution is 7.28. The van der Waals surface area contributed by atoms with E-state index >= 15 is 0 Å². The molecule has 2 heterocycles. The van der Waals surface area contributed by atoms with Gasteiger partial charge < -0.3 is 4.48 Å². The molecule has 0 spiro atoms. The van der Waals surface area contributed by atoms with Crippen molar-refractivity contribution in [2.24, 2.45) is 11.8 Å². The van der Waals surface area contributed by atoms with Crippen molar-refractivity contribution in [3.63, 3.8) is 0 Å². The van der Waals surface area contributed by atoms with Gasteiger partial charge in [0.1, 0.15) is 12.4 Å². The summed E-state index contributed by atoms with van der Waals surface area (Å²) in [5, 5.41) is 1.47. The predicted molar refractivity (Wildman–Crippen MR) is 92.5 cm³/mol. The van der Waals surface area contributed by atoms with Gasteiger partial charge in [0.25, 0.3) is 0 Å². The van der Waals surface area contributed by atoms with Crippen molar-refractivity contribution < 1.29 is 4.48 Å². The molecule has 108 valence electrons. The van der Waals surface area contributed by atoms with Crippen molar-refractivity contribution in [1.29, 1.82) is 0 Å². The average molecular weight is 306 g/mol. The molecule has 1 aliphatic heterocycles. The monoisotopic (exact) mass is 305 g/mol. The molecule has 0 aliphatic carbocycles. The first kappa shape index (κ1) is 15.6. The van der Waals surface area contributed by atoms with Crippen molar-refractivity contribution in [3.8, 4) is 0 Å². The van der Waals surface area contributed by atoms with Gasteiger partial charge in [0.05, 0.1) is 0 Å². The van der Waals surface area contributed by atoms with Gasteiger partial charge in [-0.05, 0) is 24.0 Å². The number of halogens is 1. The summed E-state index contributed by atoms with van der Waals surface area (Å²) in [4.78, 5) is 0. The second-order valence-corrected chi connectivity index (χ2v) is 12.9. The molecule has 1 nitrogen and oxygen atoms in total. The largest absolute Gasteiger partial charge is 0.406 e. The molecule has 0 N–H and O–H groups in total. The molecule has 1 aromatic rings. The molecule has 0 saturated heterocycles. The van der Waals surface area contributed by atoms with E-state index in [-0.39, 0.29) is 0 Å². The number of allylic oxidation sites excluding steroid dienone is 2. The Morgan fingerprint density at radius 1 is 1.15 bits per heavy atom. The van der Waals surface area contributed by atoms with E-state index in [4.69, 9.17) is 11.5 Å². The van der Waals surface area contributed by atoms with Gasteiger partial charge >= 0.3 is 5.70 Å². The first-order chi connectivity index (χ1) is 9.25. The number of rotatable bonds is 3. The topological polar surface area (TPSA) is 3.88 Å². The van der Waals surface area contributed by atoms with E-state index in [1.807, 2.05) is 6.07 Å². The molecule has 0 saturated carbocycles. The SMILES string of the molecule is CC(C)[C@H]1C=C[B@-](Cl)([n+]2ccccc2)C([Si](C)(C)C)=C1. The van der Waals surface area contributed by atoms with Crippen LogP contribution < -0.4 is 4.48 Å². The summed E-state index contributed by atoms with van der Waals surface area (Å²) in [5.74, 6) is 3.38. The summed E-state index contributed by atoms with van der Waals surface area (Å²) >= 11 is 7.13. The molecule has 0 fully saturated rings. The summed E-state index contributed by atoms with van der Waals surface area (Å²) < 4.78 is 2.18. The minimum Gasteiger partial charge on any atom is -0.406 e. The lowest BCUT2D eigenvalue weighted by Gasteiger charge is -2.40. The highest BCUT2D eigenvalue weighted by atomic mass is 35.5. The first-order valence-corrected chi connectivity index (χ1v) is 11.4. The maximum Gasteiger partial charge on any atom is 0.401 e. The van der Waals surface area contributed by atoms with E-state index in [1.54, 1.807) is 0 Å². The molecule has 2 rings (SSSR count). The van der Waals surface area contributed by atoms with Crippen molar-refractivity contribution in [2.45, 2.75) is 33.5 Å². The Hall–Kier alpha value is -0.798. The molecule has 1 aromatic heterocycles. The van der Waals surface area contributed by atoms with Gasteiger partial charge in [-0.25, -0.2) is 0 Å². The molecule has 0 unspecified atom stereocenters. The third-order valence-electron chi connectivity index (χ3n) is 4.20. The molecule has 1 aliphatic rings. The fraction of sp³-hybridized carbons (Fsp3) is 0.438. The van der Waals surface area contributed by atoms with Gasteiger partial charge in [0, 0.05) is 8.07 Å². The van der Waals surface area contributed by atoms with Crippen LogP contribution >= 0.6 is 11.5 Å². The highest BCUT2D eigenvalue weighted by Gasteiger charge is 2.43. The fourth-order valence-electron chi connectivity index (χ4n) is 2.97. The van der Waals surface area contributed by atoms with Gasteiger partial charge in [-0.1, -0.05) is 39.6 Å². The van der Waals surface area contributed by atoms with Gasteiger partial charge in [-0.3, -0.25) is 11.5 Å². The Bertz CT molecular complexity index is 533. The third-order valence-corrected chi connectivity index (χ3v) is 7.33. The van der Waals surface area contributed by atoms with Gasteiger partial charge in [0.2, 0.25) is 0 Å². The number of pyridine rings is 1. The number of aromatic nitrogens is 1. The molecular weight excluding hydrogens is 281 g/mol. The smallest absolute Gasteiger partial charge is 0.401 e. The summed E-state index contributed by atoms with van der Waals surface area (Å²) in [6, 6.07) is 6.14. The van der Waals surface area contributed by atoms with E-state index in [2.05, 4.69) is 80.6 Å². The lowest BCUT2D eigenvalue weighted by Crippen LogP contribution is -2.65. The minimum atomic E-state index is -1.48. The van der Waals surface area contributed by atoms with E-state index < -0.39 is 13.8 Å². The number of nitrogens with zero attached hydrogens (tertiary/aromatic N) is 1. The molecule has 20 heavy (non-hydrogen) atoms. The first-order valence-electron chi connectivity index (χ1n) is 7.47. The third kappa shape index (κ3) is 2.94. The molecule has 0 aromatic carbocycles. The van der Waals surface area contributed by atoms with Crippen LogP contribution in [0.2, 0.25) is 19.6 Å². The zero-order chi connectivity index (χ0) is 15.0. The van der Waals surface area contributed by atoms with Crippen LogP contribution in [0.25, 0.3) is 0 Å². The van der Waals surface area contributed by atoms with E-state index in [0.717, 1.165) is 0 Å². The molecule has 0 amide bonds. The lowest BCUT2D eigenvalue weighted by atomic mass is 9.55. The van der Waals surface area contributed by atoms with Crippen LogP contribution in [-0.4, -0.2) is 13.8 Å². The summed E-state index contributed by atoms with van der Waals surface area (Å²) in [6.45, 7) is 11.7. The van der Waals surface area contributed by atoms with Crippen LogP contribution in [0.5, 0.6) is 0 Å². The van der Waals surface area contributed by atoms with Crippen molar-refractivity contribution >= 4 is 25.2 Å². The van der Waals surface area contributed by atoms with Crippen LogP contribution in [-0.2, 0) is 0 Å². The Labute approximate surface area is 129 Å². The maximum atomic E-state index is 7.13. The molecule has 2 atom stereocenters. The Balaban J connectivity index is 2.53. The van der Waals surface area contributed by atoms with Gasteiger partial charge in [-0.2, -0.15) is 11.1 Å². The Kier molecular flexibility index (Phi) is 4.31. The Morgan fingerprint density at radius 2 is 1.75 bits per heavy atom. The van der Waals surface area contributed by atoms with E-state index in [0.29, 0.717) is 11.8 Å². The highest BCUT2D eigenvalue weighted by Crippen LogP contribution is 2.34. The van der Waals surface area contributed by atoms with Crippen molar-refractivity contribution in [1.82, 2.24) is 0 Å². The van der Waals surface area contributed by atoms with Crippen molar-refractivity contribution in [3.05, 3.63) is 53.8 Å². The minimum absolute atomic E-state index is 0.509. The quantitative estimate of drug-likeness (QED) is 0.736. The summed E-state index contributed by atoms with van der Waals surface area (Å²) in [7, 11) is -1.48. The molecule has 0 radical (unpaired) electrons. The van der Waals surface area contributed by atoms with Gasteiger partial charge in [-0.15, -0.1) is 12.2 Å². The predicted octanol–water partition coefficient (Wildman–Crippen LogP) is 4.23. The van der Waals surface area contributed by atoms with Crippen LogP contribution in [0.3, 0.4) is 0 Å². The fourth-order valence-corrected chi connectivity index (χ4v) is 6.39. The summed E-state index contributed by atoms with van der Waals surface area (Å²) in [6.07, 6.45) is 8.91. The number of hydrogen-bond donors (Lipinski definition) is 0. The average Bonchev–Trinajstić information content (AvgIpc) is 2.38. The summed E-state index contributed by atoms with van der Waals surface area (Å²) in [5.41, 5.74) is -1.30. The van der Waals surface area contributed by atoms with Gasteiger partial charge in [0.15, 0.2) is 0 Å². The number of hydrogen-bond acceptors (Lipinski definition) is 0. The lowest BCUT2D eigenvalue weighted by molar-refractivity contribution is -0.538. The zero-order valence-corrected chi connectivity index (χ0v) is 14.9. The van der Waals surface area contributed by atoms with E-state index in [9.17, 15) is 0 Å². The van der Waals surface area contributed by atoms with E-state index in [1.165, 1.54) is 5.10 Å². The van der Waals surface area contributed by atoms with Crippen LogP contribution in [0.15, 0.2) is 53.8 Å². The standard InChI is InChI=1S/C16H25BClNSi/c1-14(2)15-9-10-17(18,16(13-15)20(3,4)5)19-11-7-6-8-12-19/h6-15H,1-5H3/t15-,17-/m0/s1. The van der Waals surface area contributed by atoms with Crippen molar-refractivity contribution in [2.75, 3.05) is 0 Å². The van der Waals surface area contributed by atoms with Crippen LogP contribution in [0.4, 0.5) is 0 Å². The molecule has 4 heteroatoms. The second kappa shape index (κ2) is 5.53. The Morgan fingerprint density at radius 3 is 2.25 bits per heavy atom. The normalized spacial score (nSPS) is 26.8.